The maximum Gasteiger partial charge on any atom is 0.226 e. The molecule has 0 aromatic rings. The Morgan fingerprint density at radius 3 is 2.48 bits per heavy atom. The molecule has 1 spiro atoms. The monoisotopic (exact) mass is 314 g/mol. The summed E-state index contributed by atoms with van der Waals surface area (Å²) in [5.74, 6) is 1.12. The molecule has 2 atom stereocenters. The fourth-order valence-electron chi connectivity index (χ4n) is 4.98. The van der Waals surface area contributed by atoms with Gasteiger partial charge >= 0.3 is 0 Å². The number of carbonyl (C=O) groups is 1. The van der Waals surface area contributed by atoms with E-state index < -0.39 is 0 Å². The van der Waals surface area contributed by atoms with Crippen LogP contribution in [0, 0.1) is 17.3 Å². The van der Waals surface area contributed by atoms with Crippen LogP contribution >= 0.6 is 12.4 Å². The summed E-state index contributed by atoms with van der Waals surface area (Å²) < 4.78 is 0. The van der Waals surface area contributed by atoms with Crippen molar-refractivity contribution < 1.29 is 4.79 Å². The SMILES string of the molecule is Cl.NC[C@H]1CCC[C@H]1C(=O)N1CCCC2(CCCCC2)C1. The summed E-state index contributed by atoms with van der Waals surface area (Å²) in [5, 5.41) is 0. The molecule has 4 heteroatoms. The van der Waals surface area contributed by atoms with Crippen molar-refractivity contribution in [3.63, 3.8) is 0 Å². The minimum Gasteiger partial charge on any atom is -0.342 e. The van der Waals surface area contributed by atoms with Crippen molar-refractivity contribution in [2.75, 3.05) is 19.6 Å². The Balaban J connectivity index is 0.00000161. The molecule has 3 aliphatic rings. The first kappa shape index (κ1) is 17.1. The van der Waals surface area contributed by atoms with Crippen LogP contribution in [0.1, 0.15) is 64.2 Å². The standard InChI is InChI=1S/C17H30N2O.ClH/c18-12-14-6-4-7-15(14)16(20)19-11-5-10-17(13-19)8-2-1-3-9-17;/h14-15H,1-13,18H2;1H/t14-,15-;/m1./s1. The highest BCUT2D eigenvalue weighted by molar-refractivity contribution is 5.85. The van der Waals surface area contributed by atoms with Gasteiger partial charge in [0.25, 0.3) is 0 Å². The van der Waals surface area contributed by atoms with Crippen molar-refractivity contribution in [3.8, 4) is 0 Å². The van der Waals surface area contributed by atoms with E-state index in [4.69, 9.17) is 5.73 Å². The molecule has 0 radical (unpaired) electrons. The van der Waals surface area contributed by atoms with Gasteiger partial charge in [-0.25, -0.2) is 0 Å². The normalized spacial score (nSPS) is 32.0. The zero-order chi connectivity index (χ0) is 14.0. The predicted octanol–water partition coefficient (Wildman–Crippen LogP) is 3.36. The van der Waals surface area contributed by atoms with Gasteiger partial charge in [0, 0.05) is 19.0 Å². The number of piperidine rings is 1. The predicted molar refractivity (Wildman–Crippen MR) is 88.5 cm³/mol. The van der Waals surface area contributed by atoms with Crippen LogP contribution in [0.4, 0.5) is 0 Å². The van der Waals surface area contributed by atoms with Gasteiger partial charge in [-0.1, -0.05) is 25.7 Å². The van der Waals surface area contributed by atoms with E-state index in [9.17, 15) is 4.79 Å². The third-order valence-corrected chi connectivity index (χ3v) is 6.17. The molecule has 122 valence electrons. The molecule has 0 bridgehead atoms. The zero-order valence-electron chi connectivity index (χ0n) is 13.2. The number of amides is 1. The molecule has 2 aliphatic carbocycles. The number of rotatable bonds is 2. The Morgan fingerprint density at radius 1 is 1.05 bits per heavy atom. The van der Waals surface area contributed by atoms with Gasteiger partial charge in [0.1, 0.15) is 0 Å². The maximum absolute atomic E-state index is 12.9. The zero-order valence-corrected chi connectivity index (χ0v) is 14.0. The summed E-state index contributed by atoms with van der Waals surface area (Å²) in [4.78, 5) is 15.1. The Labute approximate surface area is 135 Å². The minimum absolute atomic E-state index is 0. The van der Waals surface area contributed by atoms with Gasteiger partial charge in [-0.3, -0.25) is 4.79 Å². The van der Waals surface area contributed by atoms with Gasteiger partial charge in [-0.05, 0) is 56.4 Å². The van der Waals surface area contributed by atoms with Gasteiger partial charge in [0.05, 0.1) is 0 Å². The number of nitrogens with zero attached hydrogens (tertiary/aromatic N) is 1. The average Bonchev–Trinajstić information content (AvgIpc) is 2.96. The first-order valence-electron chi connectivity index (χ1n) is 8.73. The molecule has 1 aliphatic heterocycles. The van der Waals surface area contributed by atoms with Crippen molar-refractivity contribution in [1.29, 1.82) is 0 Å². The highest BCUT2D eigenvalue weighted by Gasteiger charge is 2.41. The lowest BCUT2D eigenvalue weighted by molar-refractivity contribution is -0.140. The van der Waals surface area contributed by atoms with Crippen LogP contribution < -0.4 is 5.73 Å². The highest BCUT2D eigenvalue weighted by Crippen LogP contribution is 2.44. The van der Waals surface area contributed by atoms with E-state index in [1.54, 1.807) is 0 Å². The second-order valence-electron chi connectivity index (χ2n) is 7.46. The summed E-state index contributed by atoms with van der Waals surface area (Å²) in [6.45, 7) is 2.73. The van der Waals surface area contributed by atoms with Crippen LogP contribution in [-0.2, 0) is 4.79 Å². The van der Waals surface area contributed by atoms with E-state index in [0.29, 0.717) is 23.8 Å². The lowest BCUT2D eigenvalue weighted by atomic mass is 9.69. The number of likely N-dealkylation sites (tertiary alicyclic amines) is 1. The van der Waals surface area contributed by atoms with Crippen LogP contribution in [-0.4, -0.2) is 30.4 Å². The smallest absolute Gasteiger partial charge is 0.226 e. The average molecular weight is 315 g/mol. The second-order valence-corrected chi connectivity index (χ2v) is 7.46. The van der Waals surface area contributed by atoms with E-state index in [1.165, 1.54) is 51.4 Å². The van der Waals surface area contributed by atoms with Crippen LogP contribution in [0.5, 0.6) is 0 Å². The molecule has 0 aromatic heterocycles. The fraction of sp³-hybridized carbons (Fsp3) is 0.941. The second kappa shape index (κ2) is 7.32. The Bertz CT molecular complexity index is 349. The first-order chi connectivity index (χ1) is 9.74. The van der Waals surface area contributed by atoms with Crippen molar-refractivity contribution in [2.24, 2.45) is 23.0 Å². The van der Waals surface area contributed by atoms with E-state index in [0.717, 1.165) is 25.9 Å². The van der Waals surface area contributed by atoms with Crippen LogP contribution in [0.2, 0.25) is 0 Å². The van der Waals surface area contributed by atoms with E-state index in [-0.39, 0.29) is 18.3 Å². The highest BCUT2D eigenvalue weighted by atomic mass is 35.5. The molecular weight excluding hydrogens is 284 g/mol. The third-order valence-electron chi connectivity index (χ3n) is 6.17. The van der Waals surface area contributed by atoms with Crippen LogP contribution in [0.15, 0.2) is 0 Å². The Morgan fingerprint density at radius 2 is 1.76 bits per heavy atom. The molecule has 3 nitrogen and oxygen atoms in total. The van der Waals surface area contributed by atoms with Gasteiger partial charge < -0.3 is 10.6 Å². The molecule has 0 unspecified atom stereocenters. The third kappa shape index (κ3) is 3.56. The fourth-order valence-corrected chi connectivity index (χ4v) is 4.98. The number of halogens is 1. The lowest BCUT2D eigenvalue weighted by Gasteiger charge is -2.46. The largest absolute Gasteiger partial charge is 0.342 e. The molecule has 0 aromatic carbocycles. The summed E-state index contributed by atoms with van der Waals surface area (Å²) in [6.07, 6.45) is 12.8. The van der Waals surface area contributed by atoms with Crippen LogP contribution in [0.25, 0.3) is 0 Å². The quantitative estimate of drug-likeness (QED) is 0.849. The molecule has 3 rings (SSSR count). The summed E-state index contributed by atoms with van der Waals surface area (Å²) in [6, 6.07) is 0. The van der Waals surface area contributed by atoms with E-state index in [1.807, 2.05) is 0 Å². The van der Waals surface area contributed by atoms with Crippen molar-refractivity contribution >= 4 is 18.3 Å². The summed E-state index contributed by atoms with van der Waals surface area (Å²) in [7, 11) is 0. The molecule has 1 heterocycles. The lowest BCUT2D eigenvalue weighted by Crippen LogP contribution is -2.49. The minimum atomic E-state index is 0. The van der Waals surface area contributed by atoms with E-state index >= 15 is 0 Å². The van der Waals surface area contributed by atoms with Crippen molar-refractivity contribution in [3.05, 3.63) is 0 Å². The summed E-state index contributed by atoms with van der Waals surface area (Å²) >= 11 is 0. The molecule has 1 saturated heterocycles. The van der Waals surface area contributed by atoms with E-state index in [2.05, 4.69) is 4.90 Å². The maximum atomic E-state index is 12.9. The molecule has 1 amide bonds. The number of hydrogen-bond donors (Lipinski definition) is 1. The first-order valence-corrected chi connectivity index (χ1v) is 8.73. The summed E-state index contributed by atoms with van der Waals surface area (Å²) in [5.41, 5.74) is 6.33. The molecule has 2 saturated carbocycles. The Hall–Kier alpha value is -0.280. The molecule has 21 heavy (non-hydrogen) atoms. The van der Waals surface area contributed by atoms with Gasteiger partial charge in [-0.2, -0.15) is 0 Å². The number of nitrogens with two attached hydrogens (primary N) is 1. The molecular formula is C17H31ClN2O. The number of carbonyl (C=O) groups excluding carboxylic acids is 1. The molecule has 3 fully saturated rings. The molecule has 2 N–H and O–H groups in total. The van der Waals surface area contributed by atoms with Crippen LogP contribution in [0.3, 0.4) is 0 Å². The van der Waals surface area contributed by atoms with Gasteiger partial charge in [-0.15, -0.1) is 12.4 Å². The van der Waals surface area contributed by atoms with Crippen molar-refractivity contribution in [2.45, 2.75) is 64.2 Å². The topological polar surface area (TPSA) is 46.3 Å². The van der Waals surface area contributed by atoms with Gasteiger partial charge in [0.2, 0.25) is 5.91 Å². The van der Waals surface area contributed by atoms with Gasteiger partial charge in [0.15, 0.2) is 0 Å². The van der Waals surface area contributed by atoms with Crippen molar-refractivity contribution in [1.82, 2.24) is 4.90 Å². The number of hydrogen-bond acceptors (Lipinski definition) is 2. The Kier molecular flexibility index (Phi) is 5.96.